The standard InChI is InChI=1S/C18H20O2S/c1-11-6-4-5-7-12(11)16-15(17(19)20)13-10-18(2,3)9-8-14(13)21-16/h4-7H,8-10H2,1-3H3,(H,19,20). The van der Waals surface area contributed by atoms with Crippen LogP contribution in [0.4, 0.5) is 0 Å². The molecule has 0 amide bonds. The molecule has 0 unspecified atom stereocenters. The molecule has 3 rings (SSSR count). The van der Waals surface area contributed by atoms with Crippen molar-refractivity contribution in [2.24, 2.45) is 5.41 Å². The van der Waals surface area contributed by atoms with Gasteiger partial charge >= 0.3 is 5.97 Å². The Morgan fingerprint density at radius 1 is 1.29 bits per heavy atom. The van der Waals surface area contributed by atoms with Crippen molar-refractivity contribution in [2.45, 2.75) is 40.0 Å². The highest BCUT2D eigenvalue weighted by atomic mass is 32.1. The number of thiophene rings is 1. The highest BCUT2D eigenvalue weighted by Crippen LogP contribution is 2.45. The molecule has 0 fully saturated rings. The first-order valence-corrected chi connectivity index (χ1v) is 8.14. The number of carboxylic acid groups (broad SMARTS) is 1. The predicted molar refractivity (Wildman–Crippen MR) is 87.3 cm³/mol. The maximum absolute atomic E-state index is 11.9. The number of aryl methyl sites for hydroxylation is 2. The van der Waals surface area contributed by atoms with E-state index >= 15 is 0 Å². The van der Waals surface area contributed by atoms with Crippen molar-refractivity contribution in [3.05, 3.63) is 45.8 Å². The van der Waals surface area contributed by atoms with Gasteiger partial charge in [0.25, 0.3) is 0 Å². The van der Waals surface area contributed by atoms with Gasteiger partial charge in [0.2, 0.25) is 0 Å². The van der Waals surface area contributed by atoms with Gasteiger partial charge in [-0.05, 0) is 48.3 Å². The molecule has 0 saturated heterocycles. The normalized spacial score (nSPS) is 16.5. The fraction of sp³-hybridized carbons (Fsp3) is 0.389. The molecule has 0 spiro atoms. The molecular weight excluding hydrogens is 280 g/mol. The van der Waals surface area contributed by atoms with E-state index in [0.717, 1.165) is 40.8 Å². The average molecular weight is 300 g/mol. The van der Waals surface area contributed by atoms with E-state index in [1.165, 1.54) is 4.88 Å². The van der Waals surface area contributed by atoms with Crippen molar-refractivity contribution >= 4 is 17.3 Å². The molecule has 1 aromatic carbocycles. The van der Waals surface area contributed by atoms with Crippen LogP contribution >= 0.6 is 11.3 Å². The van der Waals surface area contributed by atoms with Crippen molar-refractivity contribution in [2.75, 3.05) is 0 Å². The monoisotopic (exact) mass is 300 g/mol. The van der Waals surface area contributed by atoms with Crippen molar-refractivity contribution in [3.63, 3.8) is 0 Å². The van der Waals surface area contributed by atoms with Crippen molar-refractivity contribution in [1.82, 2.24) is 0 Å². The van der Waals surface area contributed by atoms with Crippen molar-refractivity contribution < 1.29 is 9.90 Å². The lowest BCUT2D eigenvalue weighted by molar-refractivity contribution is 0.0696. The minimum atomic E-state index is -0.788. The average Bonchev–Trinajstić information content (AvgIpc) is 2.76. The third kappa shape index (κ3) is 2.51. The first kappa shape index (κ1) is 14.3. The van der Waals surface area contributed by atoms with Gasteiger partial charge < -0.3 is 5.11 Å². The van der Waals surface area contributed by atoms with Crippen LogP contribution in [0.3, 0.4) is 0 Å². The Labute approximate surface area is 129 Å². The number of hydrogen-bond donors (Lipinski definition) is 1. The molecule has 0 saturated carbocycles. The summed E-state index contributed by atoms with van der Waals surface area (Å²) in [5, 5.41) is 9.74. The predicted octanol–water partition coefficient (Wildman–Crippen LogP) is 4.94. The van der Waals surface area contributed by atoms with Gasteiger partial charge in [0.15, 0.2) is 0 Å². The number of fused-ring (bicyclic) bond motifs is 1. The molecule has 0 radical (unpaired) electrons. The number of benzene rings is 1. The topological polar surface area (TPSA) is 37.3 Å². The molecule has 2 aromatic rings. The smallest absolute Gasteiger partial charge is 0.337 e. The summed E-state index contributed by atoms with van der Waals surface area (Å²) in [6, 6.07) is 8.06. The molecular formula is C18H20O2S. The summed E-state index contributed by atoms with van der Waals surface area (Å²) in [7, 11) is 0. The maximum atomic E-state index is 11.9. The van der Waals surface area contributed by atoms with E-state index in [9.17, 15) is 9.90 Å². The zero-order valence-electron chi connectivity index (χ0n) is 12.7. The Kier molecular flexibility index (Phi) is 3.40. The summed E-state index contributed by atoms with van der Waals surface area (Å²) in [5.74, 6) is -0.788. The first-order chi connectivity index (χ1) is 9.89. The second kappa shape index (κ2) is 4.99. The minimum Gasteiger partial charge on any atom is -0.478 e. The van der Waals surface area contributed by atoms with Crippen LogP contribution in [0.2, 0.25) is 0 Å². The second-order valence-electron chi connectivity index (χ2n) is 6.67. The van der Waals surface area contributed by atoms with E-state index in [1.807, 2.05) is 31.2 Å². The van der Waals surface area contributed by atoms with Crippen LogP contribution in [0, 0.1) is 12.3 Å². The lowest BCUT2D eigenvalue weighted by Gasteiger charge is -2.29. The number of carboxylic acids is 1. The summed E-state index contributed by atoms with van der Waals surface area (Å²) >= 11 is 1.68. The van der Waals surface area contributed by atoms with Crippen molar-refractivity contribution in [1.29, 1.82) is 0 Å². The largest absolute Gasteiger partial charge is 0.478 e. The van der Waals surface area contributed by atoms with Gasteiger partial charge in [0.05, 0.1) is 5.56 Å². The molecule has 110 valence electrons. The molecule has 1 heterocycles. The SMILES string of the molecule is Cc1ccccc1-c1sc2c(c1C(=O)O)CC(C)(C)CC2. The Morgan fingerprint density at radius 3 is 2.67 bits per heavy atom. The van der Waals surface area contributed by atoms with E-state index < -0.39 is 5.97 Å². The summed E-state index contributed by atoms with van der Waals surface area (Å²) in [5.41, 5.74) is 4.01. The van der Waals surface area contributed by atoms with E-state index in [-0.39, 0.29) is 5.41 Å². The molecule has 1 aliphatic carbocycles. The molecule has 0 bridgehead atoms. The van der Waals surface area contributed by atoms with Gasteiger partial charge in [-0.15, -0.1) is 11.3 Å². The van der Waals surface area contributed by atoms with E-state index in [2.05, 4.69) is 13.8 Å². The third-order valence-corrected chi connectivity index (χ3v) is 5.70. The van der Waals surface area contributed by atoms with Gasteiger partial charge in [-0.1, -0.05) is 38.1 Å². The zero-order valence-corrected chi connectivity index (χ0v) is 13.5. The van der Waals surface area contributed by atoms with E-state index in [1.54, 1.807) is 11.3 Å². The molecule has 0 atom stereocenters. The zero-order chi connectivity index (χ0) is 15.2. The van der Waals surface area contributed by atoms with Crippen LogP contribution < -0.4 is 0 Å². The van der Waals surface area contributed by atoms with Gasteiger partial charge in [0, 0.05) is 9.75 Å². The molecule has 1 aliphatic rings. The number of carbonyl (C=O) groups is 1. The maximum Gasteiger partial charge on any atom is 0.337 e. The number of aromatic carboxylic acids is 1. The second-order valence-corrected chi connectivity index (χ2v) is 7.77. The lowest BCUT2D eigenvalue weighted by atomic mass is 9.76. The van der Waals surface area contributed by atoms with Crippen LogP contribution in [0.5, 0.6) is 0 Å². The van der Waals surface area contributed by atoms with E-state index in [0.29, 0.717) is 5.56 Å². The first-order valence-electron chi connectivity index (χ1n) is 7.33. The highest BCUT2D eigenvalue weighted by molar-refractivity contribution is 7.16. The molecule has 1 N–H and O–H groups in total. The summed E-state index contributed by atoms with van der Waals surface area (Å²) < 4.78 is 0. The fourth-order valence-electron chi connectivity index (χ4n) is 3.16. The summed E-state index contributed by atoms with van der Waals surface area (Å²) in [4.78, 5) is 14.1. The van der Waals surface area contributed by atoms with Gasteiger partial charge in [-0.2, -0.15) is 0 Å². The minimum absolute atomic E-state index is 0.196. The van der Waals surface area contributed by atoms with Crippen LogP contribution in [0.25, 0.3) is 10.4 Å². The Balaban J connectivity index is 2.22. The summed E-state index contributed by atoms with van der Waals surface area (Å²) in [6.45, 7) is 6.50. The molecule has 1 aromatic heterocycles. The Morgan fingerprint density at radius 2 is 2.00 bits per heavy atom. The van der Waals surface area contributed by atoms with Crippen molar-refractivity contribution in [3.8, 4) is 10.4 Å². The number of hydrogen-bond acceptors (Lipinski definition) is 2. The Bertz CT molecular complexity index is 710. The lowest BCUT2D eigenvalue weighted by Crippen LogP contribution is -2.22. The van der Waals surface area contributed by atoms with Gasteiger partial charge in [-0.25, -0.2) is 4.79 Å². The van der Waals surface area contributed by atoms with Gasteiger partial charge in [0.1, 0.15) is 0 Å². The third-order valence-electron chi connectivity index (χ3n) is 4.38. The molecule has 3 heteroatoms. The molecule has 21 heavy (non-hydrogen) atoms. The molecule has 0 aliphatic heterocycles. The van der Waals surface area contributed by atoms with Crippen LogP contribution in [-0.2, 0) is 12.8 Å². The molecule has 2 nitrogen and oxygen atoms in total. The fourth-order valence-corrected chi connectivity index (χ4v) is 4.56. The Hall–Kier alpha value is -1.61. The van der Waals surface area contributed by atoms with Crippen LogP contribution in [-0.4, -0.2) is 11.1 Å². The van der Waals surface area contributed by atoms with E-state index in [4.69, 9.17) is 0 Å². The quantitative estimate of drug-likeness (QED) is 0.853. The number of rotatable bonds is 2. The van der Waals surface area contributed by atoms with Crippen LogP contribution in [0.1, 0.15) is 46.6 Å². The van der Waals surface area contributed by atoms with Gasteiger partial charge in [-0.3, -0.25) is 0 Å². The highest BCUT2D eigenvalue weighted by Gasteiger charge is 2.33. The summed E-state index contributed by atoms with van der Waals surface area (Å²) in [6.07, 6.45) is 3.00. The van der Waals surface area contributed by atoms with Crippen LogP contribution in [0.15, 0.2) is 24.3 Å².